The zero-order valence-electron chi connectivity index (χ0n) is 10.3. The maximum atomic E-state index is 12.3. The number of Topliss-reactive ketones (excluding diaryl/α,β-unsaturated/α-hetero) is 1. The van der Waals surface area contributed by atoms with Gasteiger partial charge in [-0.05, 0) is 38.8 Å². The average Bonchev–Trinajstić information content (AvgIpc) is 2.81. The van der Waals surface area contributed by atoms with Crippen molar-refractivity contribution in [3.63, 3.8) is 0 Å². The molecule has 92 valence electrons. The molecule has 3 heterocycles. The fourth-order valence-electron chi connectivity index (χ4n) is 3.47. The van der Waals surface area contributed by atoms with Crippen molar-refractivity contribution in [3.8, 4) is 0 Å². The van der Waals surface area contributed by atoms with Gasteiger partial charge >= 0.3 is 0 Å². The summed E-state index contributed by atoms with van der Waals surface area (Å²) in [5.74, 6) is 0.489. The lowest BCUT2D eigenvalue weighted by molar-refractivity contribution is 0.0338. The van der Waals surface area contributed by atoms with Gasteiger partial charge in [-0.25, -0.2) is 0 Å². The van der Waals surface area contributed by atoms with Gasteiger partial charge in [0.25, 0.3) is 0 Å². The quantitative estimate of drug-likeness (QED) is 0.736. The van der Waals surface area contributed by atoms with Crippen LogP contribution in [0.5, 0.6) is 0 Å². The summed E-state index contributed by atoms with van der Waals surface area (Å²) in [6, 6.07) is 3.02. The highest BCUT2D eigenvalue weighted by Crippen LogP contribution is 2.37. The second-order valence-electron chi connectivity index (χ2n) is 5.45. The summed E-state index contributed by atoms with van der Waals surface area (Å²) >= 11 is 0. The van der Waals surface area contributed by atoms with Crippen LogP contribution in [0.15, 0.2) is 23.0 Å². The molecule has 2 saturated heterocycles. The number of rotatable bonds is 2. The molecule has 3 rings (SSSR count). The first-order chi connectivity index (χ1) is 8.25. The third kappa shape index (κ3) is 1.93. The largest absolute Gasteiger partial charge is 0.472 e. The zero-order chi connectivity index (χ0) is 11.8. The van der Waals surface area contributed by atoms with Gasteiger partial charge in [-0.2, -0.15) is 0 Å². The van der Waals surface area contributed by atoms with Crippen LogP contribution in [-0.2, 0) is 0 Å². The molecule has 0 aliphatic carbocycles. The normalized spacial score (nSPS) is 33.6. The number of carbonyl (C=O) groups is 1. The molecule has 17 heavy (non-hydrogen) atoms. The second kappa shape index (κ2) is 4.30. The molecule has 0 N–H and O–H groups in total. The molecular formula is C14H19NO2. The fraction of sp³-hybridized carbons (Fsp3) is 0.643. The van der Waals surface area contributed by atoms with Gasteiger partial charge in [-0.3, -0.25) is 4.79 Å². The highest BCUT2D eigenvalue weighted by Gasteiger charge is 2.38. The molecule has 0 saturated carbocycles. The lowest BCUT2D eigenvalue weighted by Crippen LogP contribution is -2.51. The molecule has 0 spiro atoms. The second-order valence-corrected chi connectivity index (χ2v) is 5.45. The van der Waals surface area contributed by atoms with E-state index < -0.39 is 0 Å². The van der Waals surface area contributed by atoms with E-state index >= 15 is 0 Å². The Morgan fingerprint density at radius 2 is 2.06 bits per heavy atom. The van der Waals surface area contributed by atoms with Gasteiger partial charge in [0.05, 0.1) is 11.8 Å². The van der Waals surface area contributed by atoms with Crippen LogP contribution in [-0.4, -0.2) is 29.8 Å². The molecule has 0 amide bonds. The molecule has 2 unspecified atom stereocenters. The van der Waals surface area contributed by atoms with E-state index in [0.29, 0.717) is 12.1 Å². The van der Waals surface area contributed by atoms with Crippen molar-refractivity contribution in [1.29, 1.82) is 0 Å². The molecule has 2 bridgehead atoms. The SMILES string of the molecule is CN1C2CCCC1CC(C(=O)c1ccoc1)C2. The Balaban J connectivity index is 1.76. The predicted molar refractivity (Wildman–Crippen MR) is 65.0 cm³/mol. The first-order valence-electron chi connectivity index (χ1n) is 6.54. The van der Waals surface area contributed by atoms with Gasteiger partial charge in [0.2, 0.25) is 0 Å². The van der Waals surface area contributed by atoms with Crippen molar-refractivity contribution in [2.75, 3.05) is 7.05 Å². The maximum absolute atomic E-state index is 12.3. The summed E-state index contributed by atoms with van der Waals surface area (Å²) < 4.78 is 5.01. The molecule has 2 aliphatic rings. The first kappa shape index (κ1) is 11.0. The van der Waals surface area contributed by atoms with Crippen LogP contribution in [0.1, 0.15) is 42.5 Å². The van der Waals surface area contributed by atoms with E-state index in [-0.39, 0.29) is 11.7 Å². The van der Waals surface area contributed by atoms with Gasteiger partial charge in [-0.1, -0.05) is 6.42 Å². The number of hydrogen-bond donors (Lipinski definition) is 0. The predicted octanol–water partition coefficient (Wildman–Crippen LogP) is 2.73. The fourth-order valence-corrected chi connectivity index (χ4v) is 3.47. The lowest BCUT2D eigenvalue weighted by atomic mass is 9.76. The smallest absolute Gasteiger partial charge is 0.169 e. The Morgan fingerprint density at radius 1 is 1.35 bits per heavy atom. The molecule has 1 aromatic rings. The highest BCUT2D eigenvalue weighted by atomic mass is 16.3. The average molecular weight is 233 g/mol. The molecule has 0 radical (unpaired) electrons. The summed E-state index contributed by atoms with van der Waals surface area (Å²) in [5.41, 5.74) is 0.748. The Labute approximate surface area is 102 Å². The lowest BCUT2D eigenvalue weighted by Gasteiger charge is -2.46. The Bertz CT molecular complexity index is 384. The molecule has 3 nitrogen and oxygen atoms in total. The molecule has 2 atom stereocenters. The number of ketones is 1. The van der Waals surface area contributed by atoms with Crippen molar-refractivity contribution in [1.82, 2.24) is 4.90 Å². The highest BCUT2D eigenvalue weighted by molar-refractivity contribution is 5.97. The standard InChI is InChI=1S/C14H19NO2/c1-15-12-3-2-4-13(15)8-11(7-12)14(16)10-5-6-17-9-10/h5-6,9,11-13H,2-4,7-8H2,1H3. The summed E-state index contributed by atoms with van der Waals surface area (Å²) in [4.78, 5) is 14.8. The van der Waals surface area contributed by atoms with Gasteiger partial charge < -0.3 is 9.32 Å². The summed E-state index contributed by atoms with van der Waals surface area (Å²) in [5, 5.41) is 0. The van der Waals surface area contributed by atoms with E-state index in [1.807, 2.05) is 0 Å². The molecule has 1 aromatic heterocycles. The molecule has 2 fully saturated rings. The minimum Gasteiger partial charge on any atom is -0.472 e. The van der Waals surface area contributed by atoms with Gasteiger partial charge in [0.1, 0.15) is 6.26 Å². The van der Waals surface area contributed by atoms with Gasteiger partial charge in [0, 0.05) is 18.0 Å². The number of piperidine rings is 2. The summed E-state index contributed by atoms with van der Waals surface area (Å²) in [6.45, 7) is 0. The summed E-state index contributed by atoms with van der Waals surface area (Å²) in [6.07, 6.45) is 9.05. The van der Waals surface area contributed by atoms with E-state index in [2.05, 4.69) is 11.9 Å². The molecular weight excluding hydrogens is 214 g/mol. The number of carbonyl (C=O) groups excluding carboxylic acids is 1. The van der Waals surface area contributed by atoms with E-state index in [1.165, 1.54) is 19.3 Å². The van der Waals surface area contributed by atoms with Crippen molar-refractivity contribution in [3.05, 3.63) is 24.2 Å². The van der Waals surface area contributed by atoms with Crippen LogP contribution in [0.4, 0.5) is 0 Å². The van der Waals surface area contributed by atoms with Crippen LogP contribution in [0.25, 0.3) is 0 Å². The van der Waals surface area contributed by atoms with Crippen LogP contribution in [0, 0.1) is 5.92 Å². The van der Waals surface area contributed by atoms with Crippen molar-refractivity contribution >= 4 is 5.78 Å². The monoisotopic (exact) mass is 233 g/mol. The van der Waals surface area contributed by atoms with Crippen LogP contribution < -0.4 is 0 Å². The first-order valence-corrected chi connectivity index (χ1v) is 6.54. The zero-order valence-corrected chi connectivity index (χ0v) is 10.3. The van der Waals surface area contributed by atoms with Gasteiger partial charge in [-0.15, -0.1) is 0 Å². The van der Waals surface area contributed by atoms with E-state index in [9.17, 15) is 4.79 Å². The maximum Gasteiger partial charge on any atom is 0.169 e. The molecule has 0 aromatic carbocycles. The van der Waals surface area contributed by atoms with E-state index in [4.69, 9.17) is 4.42 Å². The summed E-state index contributed by atoms with van der Waals surface area (Å²) in [7, 11) is 2.22. The Hall–Kier alpha value is -1.09. The van der Waals surface area contributed by atoms with Gasteiger partial charge in [0.15, 0.2) is 5.78 Å². The minimum atomic E-state index is 0.207. The third-order valence-electron chi connectivity index (χ3n) is 4.52. The number of hydrogen-bond acceptors (Lipinski definition) is 3. The topological polar surface area (TPSA) is 33.5 Å². The molecule has 2 aliphatic heterocycles. The Kier molecular flexibility index (Phi) is 2.79. The van der Waals surface area contributed by atoms with Crippen LogP contribution >= 0.6 is 0 Å². The minimum absolute atomic E-state index is 0.207. The van der Waals surface area contributed by atoms with Crippen LogP contribution in [0.2, 0.25) is 0 Å². The molecule has 3 heteroatoms. The third-order valence-corrected chi connectivity index (χ3v) is 4.52. The van der Waals surface area contributed by atoms with Crippen molar-refractivity contribution in [2.45, 2.75) is 44.2 Å². The van der Waals surface area contributed by atoms with E-state index in [0.717, 1.165) is 18.4 Å². The number of furan rings is 1. The number of fused-ring (bicyclic) bond motifs is 2. The van der Waals surface area contributed by atoms with Crippen molar-refractivity contribution in [2.24, 2.45) is 5.92 Å². The Morgan fingerprint density at radius 3 is 2.65 bits per heavy atom. The van der Waals surface area contributed by atoms with Crippen LogP contribution in [0.3, 0.4) is 0 Å². The number of nitrogens with zero attached hydrogens (tertiary/aromatic N) is 1. The van der Waals surface area contributed by atoms with Crippen molar-refractivity contribution < 1.29 is 9.21 Å². The van der Waals surface area contributed by atoms with E-state index in [1.54, 1.807) is 18.6 Å².